The van der Waals surface area contributed by atoms with E-state index in [2.05, 4.69) is 23.9 Å². The number of hydrogen-bond donors (Lipinski definition) is 1. The number of esters is 1. The van der Waals surface area contributed by atoms with E-state index in [1.807, 2.05) is 18.2 Å². The maximum atomic E-state index is 11.4. The molecule has 1 atom stereocenters. The fraction of sp³-hybridized carbons (Fsp3) is 0.562. The normalized spacial score (nSPS) is 12.1. The van der Waals surface area contributed by atoms with Crippen LogP contribution >= 0.6 is 0 Å². The molecule has 5 nitrogen and oxygen atoms in total. The molecule has 0 radical (unpaired) electrons. The minimum Gasteiger partial charge on any atom is -0.493 e. The first-order chi connectivity index (χ1) is 9.97. The third-order valence-electron chi connectivity index (χ3n) is 2.95. The fourth-order valence-corrected chi connectivity index (χ4v) is 1.83. The van der Waals surface area contributed by atoms with Gasteiger partial charge in [-0.15, -0.1) is 0 Å². The van der Waals surface area contributed by atoms with Gasteiger partial charge in [-0.1, -0.05) is 19.9 Å². The molecule has 0 bridgehead atoms. The maximum Gasteiger partial charge on any atom is 0.346 e. The Hall–Kier alpha value is -1.75. The van der Waals surface area contributed by atoms with E-state index >= 15 is 0 Å². The Morgan fingerprint density at radius 3 is 2.48 bits per heavy atom. The number of nitrogens with one attached hydrogen (secondary N) is 1. The molecule has 0 aliphatic carbocycles. The van der Waals surface area contributed by atoms with Crippen molar-refractivity contribution >= 4 is 5.97 Å². The summed E-state index contributed by atoms with van der Waals surface area (Å²) in [5.74, 6) is 1.33. The van der Waals surface area contributed by atoms with Gasteiger partial charge < -0.3 is 19.5 Å². The zero-order valence-corrected chi connectivity index (χ0v) is 13.4. The number of carbonyl (C=O) groups excluding carboxylic acids is 1. The summed E-state index contributed by atoms with van der Waals surface area (Å²) in [6.07, 6.45) is -0.672. The van der Waals surface area contributed by atoms with Crippen molar-refractivity contribution in [1.29, 1.82) is 0 Å². The molecule has 1 aromatic rings. The van der Waals surface area contributed by atoms with E-state index in [0.29, 0.717) is 17.4 Å². The molecule has 0 aliphatic rings. The predicted molar refractivity (Wildman–Crippen MR) is 81.6 cm³/mol. The highest BCUT2D eigenvalue weighted by molar-refractivity contribution is 5.74. The molecule has 0 spiro atoms. The molecule has 118 valence electrons. The molecule has 1 rings (SSSR count). The lowest BCUT2D eigenvalue weighted by atomic mass is 10.1. The van der Waals surface area contributed by atoms with Gasteiger partial charge in [-0.05, 0) is 37.1 Å². The van der Waals surface area contributed by atoms with Gasteiger partial charge in [0, 0.05) is 6.54 Å². The molecule has 0 heterocycles. The Labute approximate surface area is 126 Å². The van der Waals surface area contributed by atoms with Crippen molar-refractivity contribution in [1.82, 2.24) is 5.32 Å². The first kappa shape index (κ1) is 17.3. The van der Waals surface area contributed by atoms with Crippen LogP contribution in [-0.2, 0) is 16.1 Å². The Morgan fingerprint density at radius 1 is 1.19 bits per heavy atom. The van der Waals surface area contributed by atoms with Crippen LogP contribution in [0.4, 0.5) is 0 Å². The number of carbonyl (C=O) groups is 1. The second-order valence-electron chi connectivity index (χ2n) is 5.29. The van der Waals surface area contributed by atoms with Crippen LogP contribution in [0.3, 0.4) is 0 Å². The standard InChI is InChI=1S/C16H25NO4/c1-11(2)9-17-10-13-6-7-14(15(8-13)19-4)21-12(3)16(18)20-5/h6-8,11-12,17H,9-10H2,1-5H3. The van der Waals surface area contributed by atoms with Crippen LogP contribution in [0.15, 0.2) is 18.2 Å². The minimum atomic E-state index is -0.672. The summed E-state index contributed by atoms with van der Waals surface area (Å²) in [7, 11) is 2.92. The molecule has 1 N–H and O–H groups in total. The number of benzene rings is 1. The molecular weight excluding hydrogens is 270 g/mol. The Bertz CT molecular complexity index is 460. The van der Waals surface area contributed by atoms with Crippen molar-refractivity contribution in [3.63, 3.8) is 0 Å². The van der Waals surface area contributed by atoms with E-state index in [0.717, 1.165) is 18.7 Å². The molecule has 1 aromatic carbocycles. The van der Waals surface area contributed by atoms with Crippen molar-refractivity contribution in [2.24, 2.45) is 5.92 Å². The number of rotatable bonds is 8. The summed E-state index contributed by atoms with van der Waals surface area (Å²) in [6, 6.07) is 5.67. The summed E-state index contributed by atoms with van der Waals surface area (Å²) in [4.78, 5) is 11.4. The molecule has 0 aliphatic heterocycles. The van der Waals surface area contributed by atoms with Crippen LogP contribution in [0, 0.1) is 5.92 Å². The zero-order chi connectivity index (χ0) is 15.8. The van der Waals surface area contributed by atoms with E-state index in [1.165, 1.54) is 7.11 Å². The lowest BCUT2D eigenvalue weighted by molar-refractivity contribution is -0.147. The van der Waals surface area contributed by atoms with Gasteiger partial charge in [0.05, 0.1) is 14.2 Å². The first-order valence-corrected chi connectivity index (χ1v) is 7.10. The SMILES string of the molecule is COC(=O)C(C)Oc1ccc(CNCC(C)C)cc1OC. The van der Waals surface area contributed by atoms with Gasteiger partial charge in [0.25, 0.3) is 0 Å². The van der Waals surface area contributed by atoms with Crippen LogP contribution in [-0.4, -0.2) is 32.8 Å². The second kappa shape index (κ2) is 8.52. The minimum absolute atomic E-state index is 0.417. The average Bonchev–Trinajstić information content (AvgIpc) is 2.47. The number of methoxy groups -OCH3 is 2. The Morgan fingerprint density at radius 2 is 1.90 bits per heavy atom. The van der Waals surface area contributed by atoms with Crippen LogP contribution in [0.25, 0.3) is 0 Å². The summed E-state index contributed by atoms with van der Waals surface area (Å²) >= 11 is 0. The Balaban J connectivity index is 2.72. The zero-order valence-electron chi connectivity index (χ0n) is 13.4. The smallest absolute Gasteiger partial charge is 0.346 e. The summed E-state index contributed by atoms with van der Waals surface area (Å²) < 4.78 is 15.5. The lowest BCUT2D eigenvalue weighted by Crippen LogP contribution is -2.25. The third kappa shape index (κ3) is 5.63. The monoisotopic (exact) mass is 295 g/mol. The van der Waals surface area contributed by atoms with E-state index in [1.54, 1.807) is 14.0 Å². The van der Waals surface area contributed by atoms with Gasteiger partial charge in [-0.25, -0.2) is 4.79 Å². The largest absolute Gasteiger partial charge is 0.493 e. The highest BCUT2D eigenvalue weighted by atomic mass is 16.6. The molecule has 1 unspecified atom stereocenters. The molecule has 0 aromatic heterocycles. The quantitative estimate of drug-likeness (QED) is 0.746. The van der Waals surface area contributed by atoms with E-state index in [-0.39, 0.29) is 0 Å². The molecule has 0 saturated carbocycles. The molecule has 0 saturated heterocycles. The summed E-state index contributed by atoms with van der Waals surface area (Å²) in [6.45, 7) is 7.70. The fourth-order valence-electron chi connectivity index (χ4n) is 1.83. The van der Waals surface area contributed by atoms with Gasteiger partial charge in [-0.2, -0.15) is 0 Å². The van der Waals surface area contributed by atoms with E-state index < -0.39 is 12.1 Å². The van der Waals surface area contributed by atoms with Crippen molar-refractivity contribution < 1.29 is 19.0 Å². The third-order valence-corrected chi connectivity index (χ3v) is 2.95. The van der Waals surface area contributed by atoms with E-state index in [4.69, 9.17) is 9.47 Å². The predicted octanol–water partition coefficient (Wildman–Crippen LogP) is 2.38. The van der Waals surface area contributed by atoms with Crippen LogP contribution in [0.1, 0.15) is 26.3 Å². The Kier molecular flexibility index (Phi) is 7.02. The van der Waals surface area contributed by atoms with Crippen LogP contribution < -0.4 is 14.8 Å². The van der Waals surface area contributed by atoms with Crippen molar-refractivity contribution in [3.05, 3.63) is 23.8 Å². The van der Waals surface area contributed by atoms with Crippen LogP contribution in [0.5, 0.6) is 11.5 Å². The molecular formula is C16H25NO4. The van der Waals surface area contributed by atoms with Gasteiger partial charge in [0.1, 0.15) is 0 Å². The van der Waals surface area contributed by atoms with Crippen LogP contribution in [0.2, 0.25) is 0 Å². The van der Waals surface area contributed by atoms with Gasteiger partial charge in [-0.3, -0.25) is 0 Å². The van der Waals surface area contributed by atoms with Gasteiger partial charge >= 0.3 is 5.97 Å². The van der Waals surface area contributed by atoms with Gasteiger partial charge in [0.2, 0.25) is 0 Å². The molecule has 0 fully saturated rings. The number of hydrogen-bond acceptors (Lipinski definition) is 5. The van der Waals surface area contributed by atoms with Gasteiger partial charge in [0.15, 0.2) is 17.6 Å². The van der Waals surface area contributed by atoms with Crippen molar-refractivity contribution in [2.45, 2.75) is 33.4 Å². The second-order valence-corrected chi connectivity index (χ2v) is 5.29. The van der Waals surface area contributed by atoms with Crippen molar-refractivity contribution in [2.75, 3.05) is 20.8 Å². The van der Waals surface area contributed by atoms with Crippen molar-refractivity contribution in [3.8, 4) is 11.5 Å². The topological polar surface area (TPSA) is 56.8 Å². The molecule has 0 amide bonds. The summed E-state index contributed by atoms with van der Waals surface area (Å²) in [5, 5.41) is 3.37. The molecule has 21 heavy (non-hydrogen) atoms. The van der Waals surface area contributed by atoms with E-state index in [9.17, 15) is 4.79 Å². The maximum absolute atomic E-state index is 11.4. The first-order valence-electron chi connectivity index (χ1n) is 7.10. The summed E-state index contributed by atoms with van der Waals surface area (Å²) in [5.41, 5.74) is 1.10. The highest BCUT2D eigenvalue weighted by Crippen LogP contribution is 2.29. The number of ether oxygens (including phenoxy) is 3. The average molecular weight is 295 g/mol. The molecule has 5 heteroatoms. The highest BCUT2D eigenvalue weighted by Gasteiger charge is 2.17. The lowest BCUT2D eigenvalue weighted by Gasteiger charge is -2.16.